The molecule has 200 valence electrons. The maximum atomic E-state index is 13.8. The van der Waals surface area contributed by atoms with Gasteiger partial charge in [-0.25, -0.2) is 4.39 Å². The molecule has 0 aliphatic rings. The van der Waals surface area contributed by atoms with Gasteiger partial charge in [-0.15, -0.1) is 0 Å². The maximum Gasteiger partial charge on any atom is 0.462 e. The Morgan fingerprint density at radius 3 is 1.24 bits per heavy atom. The molecule has 0 fully saturated rings. The third kappa shape index (κ3) is 6.51. The summed E-state index contributed by atoms with van der Waals surface area (Å²) < 4.78 is 231. The summed E-state index contributed by atoms with van der Waals surface area (Å²) >= 11 is 0. The van der Waals surface area contributed by atoms with Crippen LogP contribution in [-0.4, -0.2) is 64.3 Å². The van der Waals surface area contributed by atoms with Gasteiger partial charge in [0.25, 0.3) is 0 Å². The van der Waals surface area contributed by atoms with E-state index in [-0.39, 0.29) is 0 Å². The van der Waals surface area contributed by atoms with Gasteiger partial charge in [-0.1, -0.05) is 0 Å². The predicted octanol–water partition coefficient (Wildman–Crippen LogP) is 5.43. The zero-order chi connectivity index (χ0) is 27.3. The fourth-order valence-corrected chi connectivity index (χ4v) is 2.08. The van der Waals surface area contributed by atoms with Crippen LogP contribution in [0.15, 0.2) is 0 Å². The number of alkyl halides is 17. The van der Waals surface area contributed by atoms with E-state index in [1.165, 1.54) is 4.74 Å². The normalized spacial score (nSPS) is 19.2. The molecular weight excluding hydrogens is 554 g/mol. The Labute approximate surface area is 168 Å². The molecule has 0 heterocycles. The first-order valence-corrected chi connectivity index (χ1v) is 8.83. The van der Waals surface area contributed by atoms with Gasteiger partial charge >= 0.3 is 56.0 Å². The average Bonchev–Trinajstić information content (AvgIpc) is 2.47. The van der Waals surface area contributed by atoms with Crippen molar-refractivity contribution in [2.24, 2.45) is 0 Å². The van der Waals surface area contributed by atoms with E-state index in [4.69, 9.17) is 9.79 Å². The van der Waals surface area contributed by atoms with Crippen LogP contribution >= 0.6 is 7.60 Å². The highest BCUT2D eigenvalue weighted by molar-refractivity contribution is 7.51. The lowest BCUT2D eigenvalue weighted by Gasteiger charge is -2.40. The summed E-state index contributed by atoms with van der Waals surface area (Å²) in [5, 5.41) is 0. The molecular formula is C10H6F17O5P. The van der Waals surface area contributed by atoms with Gasteiger partial charge in [0, 0.05) is 6.42 Å². The quantitative estimate of drug-likeness (QED) is 0.291. The van der Waals surface area contributed by atoms with E-state index in [1.54, 1.807) is 0 Å². The number of hydrogen-bond acceptors (Lipinski definition) is 3. The van der Waals surface area contributed by atoms with E-state index in [9.17, 15) is 79.2 Å². The molecule has 0 saturated heterocycles. The predicted molar refractivity (Wildman–Crippen MR) is 64.4 cm³/mol. The van der Waals surface area contributed by atoms with Crippen molar-refractivity contribution >= 4 is 7.60 Å². The van der Waals surface area contributed by atoms with Crippen LogP contribution in [0.5, 0.6) is 0 Å². The van der Waals surface area contributed by atoms with Crippen LogP contribution in [0, 0.1) is 0 Å². The molecule has 0 bridgehead atoms. The molecule has 2 N–H and O–H groups in total. The van der Waals surface area contributed by atoms with Gasteiger partial charge in [0.2, 0.25) is 0 Å². The van der Waals surface area contributed by atoms with Crippen molar-refractivity contribution in [3.05, 3.63) is 0 Å². The third-order valence-electron chi connectivity index (χ3n) is 3.17. The molecule has 0 aliphatic carbocycles. The monoisotopic (exact) mass is 560 g/mol. The van der Waals surface area contributed by atoms with Crippen LogP contribution in [0.2, 0.25) is 0 Å². The lowest BCUT2D eigenvalue weighted by molar-refractivity contribution is -0.552. The smallest absolute Gasteiger partial charge is 0.324 e. The van der Waals surface area contributed by atoms with Crippen LogP contribution in [0.3, 0.4) is 0 Å². The number of hydrogen-bond donors (Lipinski definition) is 2. The Bertz CT molecular complexity index is 738. The zero-order valence-electron chi connectivity index (χ0n) is 14.4. The Hall–Kier alpha value is -1.12. The van der Waals surface area contributed by atoms with Crippen molar-refractivity contribution in [2.75, 3.05) is 6.16 Å². The zero-order valence-corrected chi connectivity index (χ0v) is 15.3. The van der Waals surface area contributed by atoms with Gasteiger partial charge in [-0.05, 0) is 0 Å². The molecule has 23 heteroatoms. The van der Waals surface area contributed by atoms with E-state index in [0.29, 0.717) is 0 Å². The summed E-state index contributed by atoms with van der Waals surface area (Å²) in [5.41, 5.74) is 0. The SMILES string of the molecule is O=P(O)(O)CCC(F)(OC(F)(F)C(F)(OC(F)(F)C(F)(F)C(F)(F)F)C(F)(F)F)C(F)(F)F. The van der Waals surface area contributed by atoms with Crippen LogP contribution in [0.25, 0.3) is 0 Å². The van der Waals surface area contributed by atoms with Gasteiger partial charge in [-0.2, -0.15) is 70.2 Å². The lowest BCUT2D eigenvalue weighted by atomic mass is 10.2. The average molecular weight is 560 g/mol. The highest BCUT2D eigenvalue weighted by Gasteiger charge is 2.85. The van der Waals surface area contributed by atoms with Crippen LogP contribution in [0.1, 0.15) is 6.42 Å². The van der Waals surface area contributed by atoms with Crippen LogP contribution in [-0.2, 0) is 14.0 Å². The summed E-state index contributed by atoms with van der Waals surface area (Å²) in [6.07, 6.45) is -43.9. The highest BCUT2D eigenvalue weighted by atomic mass is 31.2. The van der Waals surface area contributed by atoms with E-state index >= 15 is 0 Å². The van der Waals surface area contributed by atoms with Crippen molar-refractivity contribution in [1.82, 2.24) is 0 Å². The molecule has 0 aliphatic heterocycles. The van der Waals surface area contributed by atoms with Gasteiger partial charge in [-0.3, -0.25) is 14.0 Å². The Morgan fingerprint density at radius 1 is 0.576 bits per heavy atom. The maximum absolute atomic E-state index is 13.8. The number of ether oxygens (including phenoxy) is 2. The molecule has 0 aromatic heterocycles. The second kappa shape index (κ2) is 8.52. The summed E-state index contributed by atoms with van der Waals surface area (Å²) in [6.45, 7) is 0. The topological polar surface area (TPSA) is 76.0 Å². The first-order valence-electron chi connectivity index (χ1n) is 7.03. The van der Waals surface area contributed by atoms with Crippen molar-refractivity contribution in [1.29, 1.82) is 0 Å². The van der Waals surface area contributed by atoms with Crippen molar-refractivity contribution < 1.29 is 98.5 Å². The molecule has 5 nitrogen and oxygen atoms in total. The molecule has 0 aromatic rings. The third-order valence-corrected chi connectivity index (χ3v) is 3.97. The largest absolute Gasteiger partial charge is 0.462 e. The minimum Gasteiger partial charge on any atom is -0.324 e. The fraction of sp³-hybridized carbons (Fsp3) is 1.00. The van der Waals surface area contributed by atoms with Crippen LogP contribution < -0.4 is 0 Å². The Morgan fingerprint density at radius 2 is 0.970 bits per heavy atom. The van der Waals surface area contributed by atoms with Gasteiger partial charge in [0.05, 0.1) is 6.16 Å². The molecule has 0 rings (SSSR count). The molecule has 2 unspecified atom stereocenters. The van der Waals surface area contributed by atoms with Crippen LogP contribution in [0.4, 0.5) is 74.6 Å². The summed E-state index contributed by atoms with van der Waals surface area (Å²) in [5.74, 6) is -22.3. The van der Waals surface area contributed by atoms with Crippen molar-refractivity contribution in [3.63, 3.8) is 0 Å². The Balaban J connectivity index is 6.61. The second-order valence-corrected chi connectivity index (χ2v) is 7.54. The Kier molecular flexibility index (Phi) is 8.23. The number of rotatable bonds is 9. The highest BCUT2D eigenvalue weighted by Crippen LogP contribution is 2.57. The fourth-order valence-electron chi connectivity index (χ4n) is 1.50. The van der Waals surface area contributed by atoms with Gasteiger partial charge in [0.1, 0.15) is 0 Å². The van der Waals surface area contributed by atoms with E-state index in [1.807, 2.05) is 4.74 Å². The number of halogens is 17. The standard InChI is InChI=1S/C10H6F17O5P/c11-3(6(15,16)17,1-2-33(28,29)30)31-10(26,27)5(14,8(21,22)23)32-9(24,25)4(12,13)7(18,19)20/h1-2H2,(H2,28,29,30). The van der Waals surface area contributed by atoms with Crippen molar-refractivity contribution in [2.45, 2.75) is 54.8 Å². The first kappa shape index (κ1) is 31.9. The van der Waals surface area contributed by atoms with Gasteiger partial charge < -0.3 is 9.79 Å². The molecule has 0 spiro atoms. The second-order valence-electron chi connectivity index (χ2n) is 5.77. The summed E-state index contributed by atoms with van der Waals surface area (Å²) in [4.78, 5) is 16.6. The lowest BCUT2D eigenvalue weighted by Crippen LogP contribution is -2.67. The van der Waals surface area contributed by atoms with Gasteiger partial charge in [0.15, 0.2) is 0 Å². The molecule has 0 saturated carbocycles. The van der Waals surface area contributed by atoms with E-state index < -0.39 is 68.6 Å². The first-order chi connectivity index (χ1) is 13.9. The van der Waals surface area contributed by atoms with E-state index in [0.717, 1.165) is 0 Å². The van der Waals surface area contributed by atoms with Crippen molar-refractivity contribution in [3.8, 4) is 0 Å². The minimum absolute atomic E-state index is 1.29. The molecule has 2 atom stereocenters. The van der Waals surface area contributed by atoms with E-state index in [2.05, 4.69) is 0 Å². The summed E-state index contributed by atoms with van der Waals surface area (Å²) in [6, 6.07) is 0. The minimum atomic E-state index is -8.02. The molecule has 0 radical (unpaired) electrons. The molecule has 0 amide bonds. The molecule has 33 heavy (non-hydrogen) atoms. The molecule has 0 aromatic carbocycles. The summed E-state index contributed by atoms with van der Waals surface area (Å²) in [7, 11) is -5.80.